The Morgan fingerprint density at radius 2 is 1.91 bits per heavy atom. The van der Waals surface area contributed by atoms with Crippen molar-refractivity contribution < 1.29 is 23.5 Å². The molecule has 0 saturated heterocycles. The second-order valence-corrected chi connectivity index (χ2v) is 8.96. The van der Waals surface area contributed by atoms with Crippen LogP contribution in [0.25, 0.3) is 0 Å². The number of amides is 2. The molecule has 2 amide bonds. The fraction of sp³-hybridized carbons (Fsp3) is 0.538. The average molecular weight is 455 g/mol. The van der Waals surface area contributed by atoms with E-state index in [1.165, 1.54) is 0 Å². The highest BCUT2D eigenvalue weighted by molar-refractivity contribution is 5.86. The number of furan rings is 1. The van der Waals surface area contributed by atoms with Gasteiger partial charge in [0.15, 0.2) is 11.5 Å². The Bertz CT molecular complexity index is 938. The lowest BCUT2D eigenvalue weighted by molar-refractivity contribution is -0.144. The zero-order chi connectivity index (χ0) is 23.2. The molecule has 1 aliphatic heterocycles. The topological polar surface area (TPSA) is 72.2 Å². The van der Waals surface area contributed by atoms with E-state index in [1.807, 2.05) is 35.2 Å². The number of carbonyl (C=O) groups is 2. The van der Waals surface area contributed by atoms with Crippen molar-refractivity contribution in [2.24, 2.45) is 5.92 Å². The quantitative estimate of drug-likeness (QED) is 0.463. The first-order valence-electron chi connectivity index (χ1n) is 12.1. The van der Waals surface area contributed by atoms with Gasteiger partial charge in [-0.25, -0.2) is 0 Å². The zero-order valence-corrected chi connectivity index (χ0v) is 19.6. The number of rotatable bonds is 12. The van der Waals surface area contributed by atoms with Gasteiger partial charge in [0.05, 0.1) is 12.8 Å². The summed E-state index contributed by atoms with van der Waals surface area (Å²) < 4.78 is 16.4. The molecule has 4 rings (SSSR count). The van der Waals surface area contributed by atoms with Crippen LogP contribution in [0.15, 0.2) is 41.0 Å². The van der Waals surface area contributed by atoms with Gasteiger partial charge < -0.3 is 23.7 Å². The van der Waals surface area contributed by atoms with Gasteiger partial charge in [-0.3, -0.25) is 9.59 Å². The van der Waals surface area contributed by atoms with Crippen LogP contribution in [-0.4, -0.2) is 41.0 Å². The van der Waals surface area contributed by atoms with Crippen LogP contribution in [0.2, 0.25) is 0 Å². The smallest absolute Gasteiger partial charge is 0.242 e. The molecule has 0 spiro atoms. The van der Waals surface area contributed by atoms with Crippen LogP contribution >= 0.6 is 0 Å². The Kier molecular flexibility index (Phi) is 7.57. The third-order valence-corrected chi connectivity index (χ3v) is 6.41. The van der Waals surface area contributed by atoms with E-state index in [2.05, 4.69) is 13.8 Å². The predicted molar refractivity (Wildman–Crippen MR) is 124 cm³/mol. The Morgan fingerprint density at radius 1 is 1.09 bits per heavy atom. The normalized spacial score (nSPS) is 15.3. The van der Waals surface area contributed by atoms with Gasteiger partial charge in [-0.15, -0.1) is 0 Å². The molecule has 1 unspecified atom stereocenters. The number of carbonyl (C=O) groups excluding carboxylic acids is 2. The molecular weight excluding hydrogens is 420 g/mol. The van der Waals surface area contributed by atoms with Crippen LogP contribution < -0.4 is 9.47 Å². The third-order valence-electron chi connectivity index (χ3n) is 6.41. The van der Waals surface area contributed by atoms with Crippen molar-refractivity contribution >= 4 is 11.8 Å². The van der Waals surface area contributed by atoms with Gasteiger partial charge in [-0.2, -0.15) is 0 Å². The van der Waals surface area contributed by atoms with Crippen molar-refractivity contribution in [2.75, 3.05) is 13.3 Å². The maximum absolute atomic E-state index is 13.5. The minimum atomic E-state index is -0.0744. The average Bonchev–Trinajstić information content (AvgIpc) is 3.32. The van der Waals surface area contributed by atoms with E-state index in [0.29, 0.717) is 30.3 Å². The van der Waals surface area contributed by atoms with Crippen molar-refractivity contribution in [1.82, 2.24) is 9.80 Å². The molecule has 1 aromatic heterocycles. The summed E-state index contributed by atoms with van der Waals surface area (Å²) in [4.78, 5) is 30.4. The number of nitrogens with zero attached hydrogens (tertiary/aromatic N) is 2. The molecule has 33 heavy (non-hydrogen) atoms. The van der Waals surface area contributed by atoms with Crippen molar-refractivity contribution in [3.05, 3.63) is 47.9 Å². The molecule has 1 saturated carbocycles. The zero-order valence-electron chi connectivity index (χ0n) is 19.6. The second-order valence-electron chi connectivity index (χ2n) is 8.96. The SMILES string of the molecule is CCCCC(CC)C(=O)N(CC(=O)N(Cc1ccc2c(c1)OCO2)Cc1ccco1)C1CC1. The third kappa shape index (κ3) is 5.89. The standard InChI is InChI=1S/C26H34N2O5/c1-3-5-7-20(4-2)26(30)28(21-10-11-21)17-25(29)27(16-22-8-6-13-31-22)15-19-9-12-23-24(14-19)33-18-32-23/h6,8-9,12-14,20-21H,3-5,7,10-11,15-18H2,1-2H3. The van der Waals surface area contributed by atoms with Gasteiger partial charge in [0.1, 0.15) is 12.3 Å². The Labute approximate surface area is 195 Å². The number of fused-ring (bicyclic) bond motifs is 1. The minimum Gasteiger partial charge on any atom is -0.467 e. The number of hydrogen-bond donors (Lipinski definition) is 0. The van der Waals surface area contributed by atoms with Gasteiger partial charge in [0, 0.05) is 18.5 Å². The molecule has 0 radical (unpaired) electrons. The van der Waals surface area contributed by atoms with Crippen LogP contribution in [0.1, 0.15) is 63.7 Å². The number of ether oxygens (including phenoxy) is 2. The lowest BCUT2D eigenvalue weighted by atomic mass is 9.97. The molecule has 1 atom stereocenters. The van der Waals surface area contributed by atoms with E-state index < -0.39 is 0 Å². The molecule has 0 bridgehead atoms. The van der Waals surface area contributed by atoms with Gasteiger partial charge >= 0.3 is 0 Å². The molecule has 2 aromatic rings. The van der Waals surface area contributed by atoms with E-state index >= 15 is 0 Å². The minimum absolute atomic E-state index is 0.00858. The molecule has 7 nitrogen and oxygen atoms in total. The largest absolute Gasteiger partial charge is 0.467 e. The fourth-order valence-corrected chi connectivity index (χ4v) is 4.29. The summed E-state index contributed by atoms with van der Waals surface area (Å²) >= 11 is 0. The van der Waals surface area contributed by atoms with E-state index in [0.717, 1.165) is 44.1 Å². The van der Waals surface area contributed by atoms with Gasteiger partial charge in [-0.1, -0.05) is 32.8 Å². The summed E-state index contributed by atoms with van der Waals surface area (Å²) in [5.74, 6) is 2.16. The van der Waals surface area contributed by atoms with Gasteiger partial charge in [-0.05, 0) is 55.5 Å². The summed E-state index contributed by atoms with van der Waals surface area (Å²) in [6.07, 6.45) is 7.36. The number of unbranched alkanes of at least 4 members (excludes halogenated alkanes) is 1. The Balaban J connectivity index is 1.49. The lowest BCUT2D eigenvalue weighted by Gasteiger charge is -2.30. The molecule has 0 N–H and O–H groups in total. The maximum atomic E-state index is 13.5. The first-order chi connectivity index (χ1) is 16.1. The Hall–Kier alpha value is -2.96. The first-order valence-corrected chi connectivity index (χ1v) is 12.1. The molecule has 2 aliphatic rings. The number of hydrogen-bond acceptors (Lipinski definition) is 5. The summed E-state index contributed by atoms with van der Waals surface area (Å²) in [5, 5.41) is 0. The van der Waals surface area contributed by atoms with Crippen LogP contribution in [-0.2, 0) is 22.7 Å². The summed E-state index contributed by atoms with van der Waals surface area (Å²) in [6.45, 7) is 5.27. The molecule has 2 heterocycles. The summed E-state index contributed by atoms with van der Waals surface area (Å²) in [6, 6.07) is 9.59. The first kappa shape index (κ1) is 23.2. The Morgan fingerprint density at radius 3 is 2.61 bits per heavy atom. The summed E-state index contributed by atoms with van der Waals surface area (Å²) in [5.41, 5.74) is 0.942. The van der Waals surface area contributed by atoms with Crippen molar-refractivity contribution in [2.45, 2.75) is 71.5 Å². The lowest BCUT2D eigenvalue weighted by Crippen LogP contribution is -2.45. The van der Waals surface area contributed by atoms with Crippen LogP contribution in [0.4, 0.5) is 0 Å². The van der Waals surface area contributed by atoms with Crippen molar-refractivity contribution in [1.29, 1.82) is 0 Å². The van der Waals surface area contributed by atoms with Gasteiger partial charge in [0.2, 0.25) is 18.6 Å². The highest BCUT2D eigenvalue weighted by Crippen LogP contribution is 2.33. The van der Waals surface area contributed by atoms with E-state index in [1.54, 1.807) is 11.2 Å². The number of benzene rings is 1. The molecular formula is C26H34N2O5. The van der Waals surface area contributed by atoms with E-state index in [4.69, 9.17) is 13.9 Å². The molecule has 7 heteroatoms. The van der Waals surface area contributed by atoms with Gasteiger partial charge in [0.25, 0.3) is 0 Å². The summed E-state index contributed by atoms with van der Waals surface area (Å²) in [7, 11) is 0. The van der Waals surface area contributed by atoms with Crippen LogP contribution in [0.5, 0.6) is 11.5 Å². The molecule has 1 fully saturated rings. The highest BCUT2D eigenvalue weighted by Gasteiger charge is 2.37. The van der Waals surface area contributed by atoms with Crippen molar-refractivity contribution in [3.8, 4) is 11.5 Å². The van der Waals surface area contributed by atoms with Crippen LogP contribution in [0, 0.1) is 5.92 Å². The maximum Gasteiger partial charge on any atom is 0.242 e. The molecule has 1 aromatic carbocycles. The molecule has 1 aliphatic carbocycles. The van der Waals surface area contributed by atoms with E-state index in [-0.39, 0.29) is 37.1 Å². The second kappa shape index (κ2) is 10.8. The monoisotopic (exact) mass is 454 g/mol. The predicted octanol–water partition coefficient (Wildman–Crippen LogP) is 4.74. The van der Waals surface area contributed by atoms with Crippen LogP contribution in [0.3, 0.4) is 0 Å². The molecule has 178 valence electrons. The highest BCUT2D eigenvalue weighted by atomic mass is 16.7. The van der Waals surface area contributed by atoms with Crippen molar-refractivity contribution in [3.63, 3.8) is 0 Å². The van der Waals surface area contributed by atoms with E-state index in [9.17, 15) is 9.59 Å². The fourth-order valence-electron chi connectivity index (χ4n) is 4.29.